The molecule has 15 rings (SSSR count). The maximum atomic E-state index is 2.47. The first kappa shape index (κ1) is 45.0. The highest BCUT2D eigenvalue weighted by Gasteiger charge is 2.38. The number of benzene rings is 12. The largest absolute Gasteiger partial charge is 0.310 e. The normalized spacial score (nSPS) is 13.7. The van der Waals surface area contributed by atoms with Gasteiger partial charge in [-0.1, -0.05) is 185 Å². The zero-order valence-electron chi connectivity index (χ0n) is 43.7. The Hall–Kier alpha value is -9.44. The Morgan fingerprint density at radius 2 is 0.740 bits per heavy atom. The first-order chi connectivity index (χ1) is 37.7. The lowest BCUT2D eigenvalue weighted by atomic mass is 9.81. The topological polar surface area (TPSA) is 11.4 Å². The van der Waals surface area contributed by atoms with Gasteiger partial charge in [0.2, 0.25) is 0 Å². The van der Waals surface area contributed by atoms with Gasteiger partial charge in [0.25, 0.3) is 0 Å². The molecule has 0 unspecified atom stereocenters. The summed E-state index contributed by atoms with van der Waals surface area (Å²) in [6.07, 6.45) is 0. The molecule has 77 heavy (non-hydrogen) atoms. The van der Waals surface area contributed by atoms with E-state index in [1.165, 1.54) is 105 Å². The Bertz CT molecular complexity index is 4510. The minimum atomic E-state index is -0.266. The number of fused-ring (bicyclic) bond motifs is 11. The average Bonchev–Trinajstić information content (AvgIpc) is 4.19. The SMILES string of the molecule is CC1(C)c2ccccc2-c2ccc(N(c3ccc(N(c4ccccc4)c4ccc5ccccc5c4)cc3)c3ccc4c(c3)C(C)(C)c3cc(-c5ccc6c(c5)c5ccccc5n6-c5cccc6ccccc56)ccc3-4)cc21. The highest BCUT2D eigenvalue weighted by molar-refractivity contribution is 6.12. The summed E-state index contributed by atoms with van der Waals surface area (Å²) in [5.41, 5.74) is 23.0. The molecule has 0 saturated carbocycles. The van der Waals surface area contributed by atoms with E-state index in [2.05, 4.69) is 303 Å². The predicted molar refractivity (Wildman–Crippen MR) is 326 cm³/mol. The third kappa shape index (κ3) is 6.97. The molecule has 12 aromatic carbocycles. The first-order valence-electron chi connectivity index (χ1n) is 27.0. The van der Waals surface area contributed by atoms with Crippen molar-refractivity contribution in [3.63, 3.8) is 0 Å². The molecule has 2 aliphatic carbocycles. The summed E-state index contributed by atoms with van der Waals surface area (Å²) >= 11 is 0. The second-order valence-corrected chi connectivity index (χ2v) is 22.2. The maximum absolute atomic E-state index is 2.47. The van der Waals surface area contributed by atoms with Gasteiger partial charge in [-0.3, -0.25) is 0 Å². The van der Waals surface area contributed by atoms with Crippen LogP contribution < -0.4 is 9.80 Å². The maximum Gasteiger partial charge on any atom is 0.0541 e. The van der Waals surface area contributed by atoms with E-state index in [0.29, 0.717) is 0 Å². The molecule has 0 atom stereocenters. The smallest absolute Gasteiger partial charge is 0.0541 e. The quantitative estimate of drug-likeness (QED) is 0.150. The van der Waals surface area contributed by atoms with Gasteiger partial charge in [0.05, 0.1) is 16.7 Å². The Kier molecular flexibility index (Phi) is 9.96. The lowest BCUT2D eigenvalue weighted by molar-refractivity contribution is 0.660. The van der Waals surface area contributed by atoms with E-state index in [1.807, 2.05) is 0 Å². The van der Waals surface area contributed by atoms with Crippen molar-refractivity contribution in [2.24, 2.45) is 0 Å². The zero-order chi connectivity index (χ0) is 51.6. The molecule has 3 nitrogen and oxygen atoms in total. The van der Waals surface area contributed by atoms with Crippen LogP contribution in [0.15, 0.2) is 261 Å². The number of aromatic nitrogens is 1. The molecule has 0 aliphatic heterocycles. The lowest BCUT2D eigenvalue weighted by Gasteiger charge is -2.30. The van der Waals surface area contributed by atoms with Crippen LogP contribution in [-0.2, 0) is 10.8 Å². The molecule has 3 heteroatoms. The van der Waals surface area contributed by atoms with Crippen LogP contribution >= 0.6 is 0 Å². The fourth-order valence-electron chi connectivity index (χ4n) is 13.2. The summed E-state index contributed by atoms with van der Waals surface area (Å²) in [6, 6.07) is 96.9. The summed E-state index contributed by atoms with van der Waals surface area (Å²) in [6.45, 7) is 9.56. The van der Waals surface area contributed by atoms with E-state index in [1.54, 1.807) is 0 Å². The highest BCUT2D eigenvalue weighted by Crippen LogP contribution is 2.54. The standard InChI is InChI=1S/C74H55N3/c1-73(2)66-26-14-12-24-60(66)62-40-37-57(46-68(62)73)76(55-35-33-54(34-36-55)75(53-21-6-5-7-22-53)56-32-29-48-17-8-9-19-50(48)43-56)58-38-41-63-61-39-30-52(45-67(61)74(3,4)69(63)47-58)51-31-42-72-65(44-51)64-25-13-15-27-71(64)77(72)70-28-16-20-49-18-10-11-23-59(49)70/h5-47H,1-4H3. The molecule has 0 bridgehead atoms. The van der Waals surface area contributed by atoms with Crippen LogP contribution in [0, 0.1) is 0 Å². The Morgan fingerprint density at radius 1 is 0.273 bits per heavy atom. The summed E-state index contributed by atoms with van der Waals surface area (Å²) in [4.78, 5) is 4.84. The summed E-state index contributed by atoms with van der Waals surface area (Å²) < 4.78 is 2.45. The number of hydrogen-bond donors (Lipinski definition) is 0. The van der Waals surface area contributed by atoms with E-state index >= 15 is 0 Å². The third-order valence-electron chi connectivity index (χ3n) is 17.1. The highest BCUT2D eigenvalue weighted by atomic mass is 15.2. The molecule has 0 radical (unpaired) electrons. The molecular formula is C74H55N3. The van der Waals surface area contributed by atoms with Gasteiger partial charge in [-0.25, -0.2) is 0 Å². The van der Waals surface area contributed by atoms with Crippen molar-refractivity contribution in [3.8, 4) is 39.1 Å². The van der Waals surface area contributed by atoms with E-state index in [0.717, 1.165) is 34.1 Å². The predicted octanol–water partition coefficient (Wildman–Crippen LogP) is 20.3. The van der Waals surface area contributed by atoms with Gasteiger partial charge < -0.3 is 14.4 Å². The molecule has 2 aliphatic rings. The Balaban J connectivity index is 0.832. The van der Waals surface area contributed by atoms with Crippen LogP contribution in [0.5, 0.6) is 0 Å². The van der Waals surface area contributed by atoms with E-state index in [-0.39, 0.29) is 10.8 Å². The number of anilines is 6. The summed E-state index contributed by atoms with van der Waals surface area (Å²) in [7, 11) is 0. The van der Waals surface area contributed by atoms with Gasteiger partial charge in [0.15, 0.2) is 0 Å². The van der Waals surface area contributed by atoms with Crippen molar-refractivity contribution in [3.05, 3.63) is 283 Å². The van der Waals surface area contributed by atoms with Gasteiger partial charge in [-0.05, 0) is 175 Å². The molecular weight excluding hydrogens is 931 g/mol. The van der Waals surface area contributed by atoms with Gasteiger partial charge >= 0.3 is 0 Å². The molecule has 366 valence electrons. The van der Waals surface area contributed by atoms with E-state index in [9.17, 15) is 0 Å². The van der Waals surface area contributed by atoms with Gasteiger partial charge in [0.1, 0.15) is 0 Å². The molecule has 0 saturated heterocycles. The second kappa shape index (κ2) is 17.0. The van der Waals surface area contributed by atoms with Crippen molar-refractivity contribution < 1.29 is 0 Å². The number of nitrogens with zero attached hydrogens (tertiary/aromatic N) is 3. The monoisotopic (exact) mass is 985 g/mol. The number of para-hydroxylation sites is 2. The molecule has 0 amide bonds. The van der Waals surface area contributed by atoms with Crippen molar-refractivity contribution in [2.45, 2.75) is 38.5 Å². The van der Waals surface area contributed by atoms with Gasteiger partial charge in [0, 0.05) is 61.1 Å². The molecule has 0 spiro atoms. The Labute approximate surface area is 450 Å². The summed E-state index contributed by atoms with van der Waals surface area (Å²) in [5, 5.41) is 7.45. The van der Waals surface area contributed by atoms with Crippen molar-refractivity contribution in [1.82, 2.24) is 4.57 Å². The van der Waals surface area contributed by atoms with Crippen LogP contribution in [0.2, 0.25) is 0 Å². The van der Waals surface area contributed by atoms with Crippen LogP contribution in [0.3, 0.4) is 0 Å². The fourth-order valence-corrected chi connectivity index (χ4v) is 13.2. The second-order valence-electron chi connectivity index (χ2n) is 22.2. The average molecular weight is 986 g/mol. The molecule has 1 heterocycles. The first-order valence-corrected chi connectivity index (χ1v) is 27.0. The van der Waals surface area contributed by atoms with Crippen molar-refractivity contribution in [1.29, 1.82) is 0 Å². The van der Waals surface area contributed by atoms with Crippen LogP contribution in [-0.4, -0.2) is 4.57 Å². The Morgan fingerprint density at radius 3 is 1.48 bits per heavy atom. The minimum Gasteiger partial charge on any atom is -0.310 e. The van der Waals surface area contributed by atoms with E-state index in [4.69, 9.17) is 0 Å². The third-order valence-corrected chi connectivity index (χ3v) is 17.1. The molecule has 0 N–H and O–H groups in total. The van der Waals surface area contributed by atoms with Gasteiger partial charge in [-0.2, -0.15) is 0 Å². The lowest BCUT2D eigenvalue weighted by Crippen LogP contribution is -2.18. The molecule has 0 fully saturated rings. The van der Waals surface area contributed by atoms with E-state index < -0.39 is 0 Å². The van der Waals surface area contributed by atoms with Crippen LogP contribution in [0.25, 0.3) is 82.4 Å². The van der Waals surface area contributed by atoms with Crippen molar-refractivity contribution in [2.75, 3.05) is 9.80 Å². The summed E-state index contributed by atoms with van der Waals surface area (Å²) in [5.74, 6) is 0. The fraction of sp³-hybridized carbons (Fsp3) is 0.0811. The van der Waals surface area contributed by atoms with Crippen molar-refractivity contribution >= 4 is 77.5 Å². The minimum absolute atomic E-state index is 0.148. The molecule has 1 aromatic heterocycles. The van der Waals surface area contributed by atoms with Crippen LogP contribution in [0.4, 0.5) is 34.1 Å². The van der Waals surface area contributed by atoms with Gasteiger partial charge in [-0.15, -0.1) is 0 Å². The number of rotatable bonds is 8. The zero-order valence-corrected chi connectivity index (χ0v) is 43.7. The number of hydrogen-bond acceptors (Lipinski definition) is 2. The molecule has 13 aromatic rings. The van der Waals surface area contributed by atoms with Crippen LogP contribution in [0.1, 0.15) is 49.9 Å².